The van der Waals surface area contributed by atoms with E-state index in [0.29, 0.717) is 0 Å². The lowest BCUT2D eigenvalue weighted by Gasteiger charge is -2.16. The fraction of sp³-hybridized carbons (Fsp3) is 0.538. The standard InChI is InChI=1S/C13H21FN2/c1-16(10-5-4-9-15)11-8-12-6-2-3-7-13(12)14/h2-3,6-7H,4-5,8-11,15H2,1H3. The zero-order valence-corrected chi connectivity index (χ0v) is 9.95. The van der Waals surface area contributed by atoms with E-state index in [1.165, 1.54) is 6.07 Å². The Labute approximate surface area is 97.3 Å². The second kappa shape index (κ2) is 7.36. The minimum absolute atomic E-state index is 0.0992. The molecular weight excluding hydrogens is 203 g/mol. The first-order valence-electron chi connectivity index (χ1n) is 5.86. The molecule has 0 bridgehead atoms. The molecule has 0 aliphatic rings. The minimum Gasteiger partial charge on any atom is -0.330 e. The molecule has 0 saturated carbocycles. The molecule has 3 heteroatoms. The number of rotatable bonds is 7. The average Bonchev–Trinajstić information content (AvgIpc) is 2.28. The number of nitrogens with zero attached hydrogens (tertiary/aromatic N) is 1. The first kappa shape index (κ1) is 13.1. The van der Waals surface area contributed by atoms with Crippen molar-refractivity contribution in [3.63, 3.8) is 0 Å². The second-order valence-corrected chi connectivity index (χ2v) is 4.14. The van der Waals surface area contributed by atoms with E-state index in [4.69, 9.17) is 5.73 Å². The summed E-state index contributed by atoms with van der Waals surface area (Å²) in [5.74, 6) is -0.0992. The smallest absolute Gasteiger partial charge is 0.126 e. The largest absolute Gasteiger partial charge is 0.330 e. The highest BCUT2D eigenvalue weighted by molar-refractivity contribution is 5.17. The molecule has 0 spiro atoms. The monoisotopic (exact) mass is 224 g/mol. The van der Waals surface area contributed by atoms with Crippen LogP contribution < -0.4 is 5.73 Å². The van der Waals surface area contributed by atoms with Gasteiger partial charge in [0, 0.05) is 6.54 Å². The van der Waals surface area contributed by atoms with E-state index < -0.39 is 0 Å². The summed E-state index contributed by atoms with van der Waals surface area (Å²) in [6, 6.07) is 6.98. The van der Waals surface area contributed by atoms with Gasteiger partial charge in [0.1, 0.15) is 5.82 Å². The van der Waals surface area contributed by atoms with E-state index in [1.54, 1.807) is 6.07 Å². The van der Waals surface area contributed by atoms with E-state index in [0.717, 1.165) is 44.5 Å². The van der Waals surface area contributed by atoms with Gasteiger partial charge in [-0.3, -0.25) is 0 Å². The molecule has 0 radical (unpaired) electrons. The van der Waals surface area contributed by atoms with Gasteiger partial charge in [0.15, 0.2) is 0 Å². The van der Waals surface area contributed by atoms with Crippen LogP contribution in [0.25, 0.3) is 0 Å². The van der Waals surface area contributed by atoms with Crippen molar-refractivity contribution in [1.29, 1.82) is 0 Å². The van der Waals surface area contributed by atoms with Crippen LogP contribution in [0.1, 0.15) is 18.4 Å². The quantitative estimate of drug-likeness (QED) is 0.718. The third kappa shape index (κ3) is 4.73. The molecule has 1 aromatic rings. The Morgan fingerprint density at radius 3 is 2.62 bits per heavy atom. The Kier molecular flexibility index (Phi) is 6.04. The zero-order chi connectivity index (χ0) is 11.8. The molecule has 1 aromatic carbocycles. The van der Waals surface area contributed by atoms with Gasteiger partial charge in [-0.25, -0.2) is 4.39 Å². The number of unbranched alkanes of at least 4 members (excludes halogenated alkanes) is 1. The maximum absolute atomic E-state index is 13.3. The number of benzene rings is 1. The molecule has 0 aliphatic carbocycles. The van der Waals surface area contributed by atoms with Crippen molar-refractivity contribution in [2.75, 3.05) is 26.7 Å². The van der Waals surface area contributed by atoms with Crippen LogP contribution in [-0.2, 0) is 6.42 Å². The Bertz CT molecular complexity index is 302. The van der Waals surface area contributed by atoms with Crippen molar-refractivity contribution in [2.45, 2.75) is 19.3 Å². The molecule has 0 unspecified atom stereocenters. The normalized spacial score (nSPS) is 11.0. The number of nitrogens with two attached hydrogens (primary N) is 1. The Hall–Kier alpha value is -0.930. The number of likely N-dealkylation sites (N-methyl/N-ethyl adjacent to an activating group) is 1. The van der Waals surface area contributed by atoms with Crippen LogP contribution in [0.5, 0.6) is 0 Å². The predicted molar refractivity (Wildman–Crippen MR) is 65.9 cm³/mol. The van der Waals surface area contributed by atoms with Crippen molar-refractivity contribution in [3.05, 3.63) is 35.6 Å². The molecule has 2 nitrogen and oxygen atoms in total. The van der Waals surface area contributed by atoms with Gasteiger partial charge < -0.3 is 10.6 Å². The van der Waals surface area contributed by atoms with Crippen molar-refractivity contribution >= 4 is 0 Å². The van der Waals surface area contributed by atoms with Crippen LogP contribution in [0.3, 0.4) is 0 Å². The fourth-order valence-corrected chi connectivity index (χ4v) is 1.65. The first-order chi connectivity index (χ1) is 7.74. The molecule has 0 heterocycles. The number of hydrogen-bond acceptors (Lipinski definition) is 2. The van der Waals surface area contributed by atoms with Gasteiger partial charge in [-0.05, 0) is 51.0 Å². The molecule has 2 N–H and O–H groups in total. The van der Waals surface area contributed by atoms with Gasteiger partial charge >= 0.3 is 0 Å². The van der Waals surface area contributed by atoms with E-state index >= 15 is 0 Å². The van der Waals surface area contributed by atoms with Crippen LogP contribution in [0.2, 0.25) is 0 Å². The molecule has 1 rings (SSSR count). The van der Waals surface area contributed by atoms with Gasteiger partial charge in [0.2, 0.25) is 0 Å². The summed E-state index contributed by atoms with van der Waals surface area (Å²) in [6.45, 7) is 2.68. The molecule has 0 aliphatic heterocycles. The van der Waals surface area contributed by atoms with E-state index in [9.17, 15) is 4.39 Å². The van der Waals surface area contributed by atoms with Crippen molar-refractivity contribution in [3.8, 4) is 0 Å². The molecule has 16 heavy (non-hydrogen) atoms. The second-order valence-electron chi connectivity index (χ2n) is 4.14. The third-order valence-electron chi connectivity index (χ3n) is 2.71. The lowest BCUT2D eigenvalue weighted by atomic mass is 10.1. The maximum Gasteiger partial charge on any atom is 0.126 e. The Morgan fingerprint density at radius 2 is 1.94 bits per heavy atom. The summed E-state index contributed by atoms with van der Waals surface area (Å²) in [7, 11) is 2.07. The topological polar surface area (TPSA) is 29.3 Å². The number of halogens is 1. The highest BCUT2D eigenvalue weighted by Crippen LogP contribution is 2.07. The average molecular weight is 224 g/mol. The summed E-state index contributed by atoms with van der Waals surface area (Å²) in [5, 5.41) is 0. The Morgan fingerprint density at radius 1 is 1.19 bits per heavy atom. The molecule has 90 valence electrons. The van der Waals surface area contributed by atoms with Crippen LogP contribution in [0.15, 0.2) is 24.3 Å². The van der Waals surface area contributed by atoms with Crippen molar-refractivity contribution in [2.24, 2.45) is 5.73 Å². The van der Waals surface area contributed by atoms with E-state index in [2.05, 4.69) is 11.9 Å². The lowest BCUT2D eigenvalue weighted by Crippen LogP contribution is -2.23. The summed E-state index contributed by atoms with van der Waals surface area (Å²) in [5.41, 5.74) is 6.23. The fourth-order valence-electron chi connectivity index (χ4n) is 1.65. The summed E-state index contributed by atoms with van der Waals surface area (Å²) >= 11 is 0. The third-order valence-corrected chi connectivity index (χ3v) is 2.71. The van der Waals surface area contributed by atoms with Crippen LogP contribution >= 0.6 is 0 Å². The highest BCUT2D eigenvalue weighted by Gasteiger charge is 2.02. The minimum atomic E-state index is -0.0992. The zero-order valence-electron chi connectivity index (χ0n) is 9.95. The highest BCUT2D eigenvalue weighted by atomic mass is 19.1. The van der Waals surface area contributed by atoms with E-state index in [-0.39, 0.29) is 5.82 Å². The molecule has 0 atom stereocenters. The summed E-state index contributed by atoms with van der Waals surface area (Å²) in [4.78, 5) is 2.22. The summed E-state index contributed by atoms with van der Waals surface area (Å²) in [6.07, 6.45) is 2.94. The van der Waals surface area contributed by atoms with Gasteiger partial charge in [0.25, 0.3) is 0 Å². The molecule has 0 amide bonds. The Balaban J connectivity index is 2.26. The molecule has 0 saturated heterocycles. The van der Waals surface area contributed by atoms with Gasteiger partial charge in [0.05, 0.1) is 0 Å². The van der Waals surface area contributed by atoms with Gasteiger partial charge in [-0.1, -0.05) is 18.2 Å². The number of hydrogen-bond donors (Lipinski definition) is 1. The van der Waals surface area contributed by atoms with E-state index in [1.807, 2.05) is 12.1 Å². The predicted octanol–water partition coefficient (Wildman–Crippen LogP) is 2.04. The van der Waals surface area contributed by atoms with Crippen LogP contribution in [0, 0.1) is 5.82 Å². The van der Waals surface area contributed by atoms with Gasteiger partial charge in [-0.15, -0.1) is 0 Å². The van der Waals surface area contributed by atoms with Crippen LogP contribution in [0.4, 0.5) is 4.39 Å². The molecule has 0 aromatic heterocycles. The molecular formula is C13H21FN2. The first-order valence-corrected chi connectivity index (χ1v) is 5.86. The molecule has 0 fully saturated rings. The lowest BCUT2D eigenvalue weighted by molar-refractivity contribution is 0.329. The summed E-state index contributed by atoms with van der Waals surface area (Å²) < 4.78 is 13.3. The maximum atomic E-state index is 13.3. The van der Waals surface area contributed by atoms with Crippen LogP contribution in [-0.4, -0.2) is 31.6 Å². The van der Waals surface area contributed by atoms with Crippen molar-refractivity contribution in [1.82, 2.24) is 4.90 Å². The van der Waals surface area contributed by atoms with Crippen molar-refractivity contribution < 1.29 is 4.39 Å². The van der Waals surface area contributed by atoms with Gasteiger partial charge in [-0.2, -0.15) is 0 Å². The SMILES string of the molecule is CN(CCCCN)CCc1ccccc1F.